The molecule has 1 N–H and O–H groups in total. The fraction of sp³-hybridized carbons (Fsp3) is 0.417. The maximum Gasteiger partial charge on any atom is 0.223 e. The third-order valence-electron chi connectivity index (χ3n) is 5.81. The number of amides is 1. The van der Waals surface area contributed by atoms with Crippen molar-refractivity contribution in [1.29, 1.82) is 0 Å². The first-order valence-corrected chi connectivity index (χ1v) is 10.7. The number of carbonyl (C=O) groups is 1. The lowest BCUT2D eigenvalue weighted by molar-refractivity contribution is -0.125. The number of methoxy groups -OCH3 is 1. The summed E-state index contributed by atoms with van der Waals surface area (Å²) < 4.78 is 7.33. The average molecular weight is 407 g/mol. The normalized spacial score (nSPS) is 14.9. The second-order valence-corrected chi connectivity index (χ2v) is 8.02. The summed E-state index contributed by atoms with van der Waals surface area (Å²) in [5, 5.41) is 2.98. The van der Waals surface area contributed by atoms with E-state index in [1.165, 1.54) is 11.1 Å². The second-order valence-electron chi connectivity index (χ2n) is 8.02. The Morgan fingerprint density at radius 3 is 2.73 bits per heavy atom. The smallest absolute Gasteiger partial charge is 0.223 e. The molecule has 1 aromatic heterocycles. The summed E-state index contributed by atoms with van der Waals surface area (Å²) in [7, 11) is 1.65. The second kappa shape index (κ2) is 9.30. The molecule has 1 fully saturated rings. The Bertz CT molecular complexity index is 1010. The van der Waals surface area contributed by atoms with Crippen molar-refractivity contribution < 1.29 is 9.53 Å². The Morgan fingerprint density at radius 2 is 1.97 bits per heavy atom. The summed E-state index contributed by atoms with van der Waals surface area (Å²) in [6.07, 6.45) is 1.68. The molecule has 1 aliphatic rings. The maximum atomic E-state index is 12.4. The van der Waals surface area contributed by atoms with Crippen LogP contribution in [-0.2, 0) is 16.1 Å². The van der Waals surface area contributed by atoms with Gasteiger partial charge in [-0.1, -0.05) is 42.0 Å². The number of rotatable bonds is 7. The molecule has 0 unspecified atom stereocenters. The molecule has 1 amide bonds. The molecule has 0 bridgehead atoms. The topological polar surface area (TPSA) is 59.4 Å². The van der Waals surface area contributed by atoms with Crippen LogP contribution in [0.3, 0.4) is 0 Å². The number of carbonyl (C=O) groups excluding carboxylic acids is 1. The zero-order valence-electron chi connectivity index (χ0n) is 17.8. The number of nitrogens with one attached hydrogen (secondary N) is 1. The van der Waals surface area contributed by atoms with E-state index < -0.39 is 0 Å². The minimum absolute atomic E-state index is 0.0627. The molecule has 0 aliphatic carbocycles. The number of ether oxygens (including phenoxy) is 1. The number of imidazole rings is 1. The van der Waals surface area contributed by atoms with Crippen LogP contribution in [0.5, 0.6) is 0 Å². The quantitative estimate of drug-likeness (QED) is 0.611. The SMILES string of the molecule is COCCNC(=O)C1CCN(c2nc3ccccc3n2Cc2cccc(C)c2)CC1. The third-order valence-corrected chi connectivity index (χ3v) is 5.81. The van der Waals surface area contributed by atoms with Crippen molar-refractivity contribution in [2.45, 2.75) is 26.3 Å². The minimum atomic E-state index is 0.0627. The predicted molar refractivity (Wildman–Crippen MR) is 120 cm³/mol. The molecule has 0 spiro atoms. The highest BCUT2D eigenvalue weighted by Crippen LogP contribution is 2.28. The largest absolute Gasteiger partial charge is 0.383 e. The number of para-hydroxylation sites is 2. The summed E-state index contributed by atoms with van der Waals surface area (Å²) in [6.45, 7) is 5.70. The van der Waals surface area contributed by atoms with Gasteiger partial charge in [0.25, 0.3) is 0 Å². The van der Waals surface area contributed by atoms with Crippen molar-refractivity contribution in [3.05, 3.63) is 59.7 Å². The molecule has 0 saturated carbocycles. The van der Waals surface area contributed by atoms with Gasteiger partial charge in [-0.2, -0.15) is 0 Å². The Hall–Kier alpha value is -2.86. The van der Waals surface area contributed by atoms with Crippen molar-refractivity contribution >= 4 is 22.9 Å². The van der Waals surface area contributed by atoms with Crippen LogP contribution in [0.25, 0.3) is 11.0 Å². The monoisotopic (exact) mass is 406 g/mol. The van der Waals surface area contributed by atoms with Gasteiger partial charge in [-0.25, -0.2) is 4.98 Å². The molecule has 6 heteroatoms. The maximum absolute atomic E-state index is 12.4. The highest BCUT2D eigenvalue weighted by atomic mass is 16.5. The number of anilines is 1. The minimum Gasteiger partial charge on any atom is -0.383 e. The van der Waals surface area contributed by atoms with Gasteiger partial charge < -0.3 is 19.5 Å². The molecule has 2 heterocycles. The van der Waals surface area contributed by atoms with Crippen LogP contribution in [-0.4, -0.2) is 48.8 Å². The first-order chi connectivity index (χ1) is 14.7. The van der Waals surface area contributed by atoms with Gasteiger partial charge in [0.15, 0.2) is 0 Å². The molecular formula is C24H30N4O2. The average Bonchev–Trinajstić information content (AvgIpc) is 3.12. The predicted octanol–water partition coefficient (Wildman–Crippen LogP) is 3.37. The number of piperidine rings is 1. The van der Waals surface area contributed by atoms with E-state index in [-0.39, 0.29) is 11.8 Å². The first kappa shape index (κ1) is 20.4. The lowest BCUT2D eigenvalue weighted by Gasteiger charge is -2.32. The van der Waals surface area contributed by atoms with Crippen molar-refractivity contribution in [2.24, 2.45) is 5.92 Å². The van der Waals surface area contributed by atoms with Crippen molar-refractivity contribution in [1.82, 2.24) is 14.9 Å². The number of aromatic nitrogens is 2. The molecule has 6 nitrogen and oxygen atoms in total. The lowest BCUT2D eigenvalue weighted by atomic mass is 9.96. The number of fused-ring (bicyclic) bond motifs is 1. The van der Waals surface area contributed by atoms with Crippen LogP contribution in [0.4, 0.5) is 5.95 Å². The molecule has 1 aliphatic heterocycles. The Kier molecular flexibility index (Phi) is 6.33. The van der Waals surface area contributed by atoms with E-state index in [2.05, 4.69) is 64.2 Å². The van der Waals surface area contributed by atoms with Crippen molar-refractivity contribution in [2.75, 3.05) is 38.3 Å². The van der Waals surface area contributed by atoms with Gasteiger partial charge >= 0.3 is 0 Å². The molecule has 0 radical (unpaired) electrons. The van der Waals surface area contributed by atoms with E-state index in [0.717, 1.165) is 49.5 Å². The summed E-state index contributed by atoms with van der Waals surface area (Å²) >= 11 is 0. The summed E-state index contributed by atoms with van der Waals surface area (Å²) in [6, 6.07) is 16.9. The zero-order chi connectivity index (χ0) is 20.9. The highest BCUT2D eigenvalue weighted by molar-refractivity contribution is 5.80. The molecule has 0 atom stereocenters. The van der Waals surface area contributed by atoms with Gasteiger partial charge in [-0.15, -0.1) is 0 Å². The first-order valence-electron chi connectivity index (χ1n) is 10.7. The molecule has 2 aromatic carbocycles. The standard InChI is InChI=1S/C24H30N4O2/c1-18-6-5-7-19(16-18)17-28-22-9-4-3-8-21(22)26-24(28)27-13-10-20(11-14-27)23(29)25-12-15-30-2/h3-9,16,20H,10-15,17H2,1-2H3,(H,25,29). The van der Waals surface area contributed by atoms with Gasteiger partial charge in [0, 0.05) is 32.7 Å². The van der Waals surface area contributed by atoms with Crippen LogP contribution < -0.4 is 10.2 Å². The van der Waals surface area contributed by atoms with Gasteiger partial charge in [0.05, 0.1) is 24.2 Å². The Labute approximate surface area is 177 Å². The molecule has 4 rings (SSSR count). The Balaban J connectivity index is 1.52. The Morgan fingerprint density at radius 1 is 1.17 bits per heavy atom. The van der Waals surface area contributed by atoms with E-state index >= 15 is 0 Å². The third kappa shape index (κ3) is 4.49. The van der Waals surface area contributed by atoms with Crippen LogP contribution in [0.1, 0.15) is 24.0 Å². The number of benzene rings is 2. The van der Waals surface area contributed by atoms with Gasteiger partial charge in [0.2, 0.25) is 11.9 Å². The van der Waals surface area contributed by atoms with Crippen LogP contribution in [0.2, 0.25) is 0 Å². The van der Waals surface area contributed by atoms with Gasteiger partial charge in [-0.05, 0) is 37.5 Å². The molecule has 3 aromatic rings. The number of hydrogen-bond donors (Lipinski definition) is 1. The van der Waals surface area contributed by atoms with E-state index in [0.29, 0.717) is 13.2 Å². The van der Waals surface area contributed by atoms with Crippen molar-refractivity contribution in [3.63, 3.8) is 0 Å². The molecule has 1 saturated heterocycles. The van der Waals surface area contributed by atoms with E-state index in [1.54, 1.807) is 7.11 Å². The van der Waals surface area contributed by atoms with E-state index in [1.807, 2.05) is 6.07 Å². The van der Waals surface area contributed by atoms with E-state index in [4.69, 9.17) is 9.72 Å². The van der Waals surface area contributed by atoms with Gasteiger partial charge in [-0.3, -0.25) is 4.79 Å². The van der Waals surface area contributed by atoms with Gasteiger partial charge in [0.1, 0.15) is 0 Å². The van der Waals surface area contributed by atoms with Crippen LogP contribution in [0.15, 0.2) is 48.5 Å². The fourth-order valence-corrected chi connectivity index (χ4v) is 4.22. The summed E-state index contributed by atoms with van der Waals surface area (Å²) in [4.78, 5) is 19.7. The molecule has 30 heavy (non-hydrogen) atoms. The zero-order valence-corrected chi connectivity index (χ0v) is 17.8. The molecule has 158 valence electrons. The van der Waals surface area contributed by atoms with Crippen LogP contribution in [0, 0.1) is 12.8 Å². The van der Waals surface area contributed by atoms with Crippen molar-refractivity contribution in [3.8, 4) is 0 Å². The van der Waals surface area contributed by atoms with E-state index in [9.17, 15) is 4.79 Å². The number of hydrogen-bond acceptors (Lipinski definition) is 4. The number of aryl methyl sites for hydroxylation is 1. The number of nitrogens with zero attached hydrogens (tertiary/aromatic N) is 3. The summed E-state index contributed by atoms with van der Waals surface area (Å²) in [5.74, 6) is 1.20. The molecular weight excluding hydrogens is 376 g/mol. The van der Waals surface area contributed by atoms with Crippen LogP contribution >= 0.6 is 0 Å². The lowest BCUT2D eigenvalue weighted by Crippen LogP contribution is -2.42. The highest BCUT2D eigenvalue weighted by Gasteiger charge is 2.27. The summed E-state index contributed by atoms with van der Waals surface area (Å²) in [5.41, 5.74) is 4.69. The fourth-order valence-electron chi connectivity index (χ4n) is 4.22.